The smallest absolute Gasteiger partial charge is 0.381 e. The van der Waals surface area contributed by atoms with E-state index in [-0.39, 0.29) is 28.7 Å². The summed E-state index contributed by atoms with van der Waals surface area (Å²) in [5.74, 6) is -1.07. The Kier molecular flexibility index (Phi) is 7.44. The van der Waals surface area contributed by atoms with Crippen LogP contribution >= 0.6 is 0 Å². The second-order valence-corrected chi connectivity index (χ2v) is 8.70. The van der Waals surface area contributed by atoms with Crippen molar-refractivity contribution in [1.29, 1.82) is 0 Å². The van der Waals surface area contributed by atoms with E-state index in [2.05, 4.69) is 20.4 Å². The van der Waals surface area contributed by atoms with Crippen molar-refractivity contribution in [3.05, 3.63) is 80.6 Å². The number of anilines is 1. The lowest BCUT2D eigenvalue weighted by Crippen LogP contribution is -2.27. The van der Waals surface area contributed by atoms with E-state index in [1.165, 1.54) is 22.9 Å². The van der Waals surface area contributed by atoms with Gasteiger partial charge in [-0.2, -0.15) is 31.4 Å². The number of aryl methyl sites for hydroxylation is 1. The minimum Gasteiger partial charge on any atom is -0.381 e. The van der Waals surface area contributed by atoms with Crippen LogP contribution in [0.2, 0.25) is 0 Å². The van der Waals surface area contributed by atoms with Gasteiger partial charge in [0.25, 0.3) is 11.1 Å². The number of aromatic nitrogens is 5. The summed E-state index contributed by atoms with van der Waals surface area (Å²) in [6.45, 7) is 1.71. The molecule has 39 heavy (non-hydrogen) atoms. The molecule has 1 aromatic carbocycles. The number of halogens is 7. The average molecular weight is 556 g/mol. The number of H-pyrrole nitrogens is 1. The predicted octanol–water partition coefficient (Wildman–Crippen LogP) is 5.00. The maximum atomic E-state index is 14.9. The highest BCUT2D eigenvalue weighted by Gasteiger charge is 2.37. The van der Waals surface area contributed by atoms with E-state index in [4.69, 9.17) is 0 Å². The predicted molar refractivity (Wildman–Crippen MR) is 126 cm³/mol. The van der Waals surface area contributed by atoms with Gasteiger partial charge in [-0.15, -0.1) is 0 Å². The van der Waals surface area contributed by atoms with Gasteiger partial charge in [0, 0.05) is 36.7 Å². The summed E-state index contributed by atoms with van der Waals surface area (Å²) in [5.41, 5.74) is -4.89. The van der Waals surface area contributed by atoms with Crippen molar-refractivity contribution in [2.24, 2.45) is 0 Å². The Labute approximate surface area is 214 Å². The number of hydrogen-bond donors (Lipinski definition) is 2. The second kappa shape index (κ2) is 10.5. The van der Waals surface area contributed by atoms with Crippen LogP contribution < -0.4 is 16.4 Å². The van der Waals surface area contributed by atoms with Crippen molar-refractivity contribution in [3.63, 3.8) is 0 Å². The Morgan fingerprint density at radius 1 is 1.03 bits per heavy atom. The van der Waals surface area contributed by atoms with Gasteiger partial charge in [0.15, 0.2) is 5.82 Å². The minimum absolute atomic E-state index is 0.0817. The third-order valence-electron chi connectivity index (χ3n) is 5.84. The summed E-state index contributed by atoms with van der Waals surface area (Å²) in [6, 6.07) is 3.25. The fourth-order valence-electron chi connectivity index (χ4n) is 3.99. The average Bonchev–Trinajstić information content (AvgIpc) is 2.84. The third kappa shape index (κ3) is 6.07. The SMILES string of the molecule is CC(CCCn1ccc2cc(-c3ncc(C(F)(F)F)cn3)cc(F)c2c1=O)Nc1cn[nH]c(=O)c1C(F)(F)F. The fraction of sp³-hybridized carbons (Fsp3) is 0.292. The molecule has 4 aromatic rings. The molecule has 0 aliphatic rings. The number of benzene rings is 1. The Balaban J connectivity index is 1.48. The maximum Gasteiger partial charge on any atom is 0.423 e. The molecule has 8 nitrogen and oxygen atoms in total. The number of alkyl halides is 6. The molecule has 0 aliphatic carbocycles. The number of fused-ring (bicyclic) bond motifs is 1. The Morgan fingerprint density at radius 2 is 1.72 bits per heavy atom. The Bertz CT molecular complexity index is 1610. The van der Waals surface area contributed by atoms with Gasteiger partial charge in [-0.1, -0.05) is 0 Å². The van der Waals surface area contributed by atoms with Crippen molar-refractivity contribution in [2.75, 3.05) is 5.32 Å². The molecule has 0 aliphatic heterocycles. The summed E-state index contributed by atoms with van der Waals surface area (Å²) in [6.07, 6.45) is -5.49. The molecule has 0 spiro atoms. The summed E-state index contributed by atoms with van der Waals surface area (Å²) < 4.78 is 94.0. The normalized spacial score (nSPS) is 13.0. The van der Waals surface area contributed by atoms with Crippen molar-refractivity contribution >= 4 is 16.5 Å². The first-order valence-corrected chi connectivity index (χ1v) is 11.4. The zero-order chi connectivity index (χ0) is 28.5. The molecule has 4 rings (SSSR count). The molecular weight excluding hydrogens is 537 g/mol. The summed E-state index contributed by atoms with van der Waals surface area (Å²) in [4.78, 5) is 31.8. The van der Waals surface area contributed by atoms with Crippen molar-refractivity contribution in [2.45, 2.75) is 44.7 Å². The third-order valence-corrected chi connectivity index (χ3v) is 5.84. The van der Waals surface area contributed by atoms with E-state index in [1.807, 2.05) is 0 Å². The molecule has 206 valence electrons. The first kappa shape index (κ1) is 27.7. The molecule has 3 aromatic heterocycles. The van der Waals surface area contributed by atoms with Crippen LogP contribution in [0.5, 0.6) is 0 Å². The number of hydrogen-bond acceptors (Lipinski definition) is 6. The molecule has 1 atom stereocenters. The van der Waals surface area contributed by atoms with Crippen LogP contribution in [0.15, 0.2) is 52.6 Å². The highest BCUT2D eigenvalue weighted by molar-refractivity contribution is 5.86. The quantitative estimate of drug-likeness (QED) is 0.311. The van der Waals surface area contributed by atoms with E-state index in [0.717, 1.165) is 12.3 Å². The monoisotopic (exact) mass is 556 g/mol. The van der Waals surface area contributed by atoms with Crippen LogP contribution in [0, 0.1) is 5.82 Å². The van der Waals surface area contributed by atoms with E-state index in [1.54, 1.807) is 12.0 Å². The van der Waals surface area contributed by atoms with E-state index in [0.29, 0.717) is 25.2 Å². The minimum atomic E-state index is -4.89. The van der Waals surface area contributed by atoms with Crippen LogP contribution in [0.4, 0.5) is 36.4 Å². The molecule has 0 saturated heterocycles. The highest BCUT2D eigenvalue weighted by Crippen LogP contribution is 2.32. The van der Waals surface area contributed by atoms with Crippen LogP contribution in [-0.2, 0) is 18.9 Å². The molecule has 0 amide bonds. The molecule has 0 bridgehead atoms. The van der Waals surface area contributed by atoms with Gasteiger partial charge >= 0.3 is 12.4 Å². The van der Waals surface area contributed by atoms with Gasteiger partial charge < -0.3 is 9.88 Å². The van der Waals surface area contributed by atoms with Crippen LogP contribution in [0.1, 0.15) is 30.9 Å². The number of rotatable bonds is 7. The van der Waals surface area contributed by atoms with E-state index < -0.39 is 52.1 Å². The number of nitrogens with one attached hydrogen (secondary N) is 2. The van der Waals surface area contributed by atoms with Crippen LogP contribution in [-0.4, -0.2) is 30.8 Å². The molecule has 0 saturated carbocycles. The van der Waals surface area contributed by atoms with Gasteiger partial charge in [-0.25, -0.2) is 19.5 Å². The van der Waals surface area contributed by atoms with Crippen LogP contribution in [0.25, 0.3) is 22.2 Å². The number of nitrogens with zero attached hydrogens (tertiary/aromatic N) is 4. The molecular formula is C24H19F7N6O2. The summed E-state index contributed by atoms with van der Waals surface area (Å²) in [7, 11) is 0. The lowest BCUT2D eigenvalue weighted by molar-refractivity contribution is -0.139. The summed E-state index contributed by atoms with van der Waals surface area (Å²) >= 11 is 0. The topological polar surface area (TPSA) is 106 Å². The van der Waals surface area contributed by atoms with Crippen molar-refractivity contribution in [1.82, 2.24) is 24.7 Å². The van der Waals surface area contributed by atoms with Crippen molar-refractivity contribution in [3.8, 4) is 11.4 Å². The van der Waals surface area contributed by atoms with E-state index >= 15 is 0 Å². The standard InChI is InChI=1S/C24H19F7N6O2/c1-12(35-17-11-34-36-21(38)19(17)24(29,30)31)3-2-5-37-6-4-13-7-14(8-16(25)18(13)22(37)39)20-32-9-15(10-33-20)23(26,27)28/h4,6-12H,2-3,5H2,1H3,(H2,35,36,38). The zero-order valence-electron chi connectivity index (χ0n) is 20.0. The Hall–Kier alpha value is -4.30. The number of aromatic amines is 1. The molecule has 15 heteroatoms. The fourth-order valence-corrected chi connectivity index (χ4v) is 3.99. The van der Waals surface area contributed by atoms with Crippen molar-refractivity contribution < 1.29 is 30.7 Å². The molecule has 2 N–H and O–H groups in total. The van der Waals surface area contributed by atoms with Gasteiger partial charge in [0.1, 0.15) is 11.4 Å². The highest BCUT2D eigenvalue weighted by atomic mass is 19.4. The summed E-state index contributed by atoms with van der Waals surface area (Å²) in [5, 5.41) is 7.69. The molecule has 0 fully saturated rings. The molecule has 1 unspecified atom stereocenters. The lowest BCUT2D eigenvalue weighted by atomic mass is 10.1. The first-order chi connectivity index (χ1) is 18.3. The largest absolute Gasteiger partial charge is 0.423 e. The van der Waals surface area contributed by atoms with Crippen LogP contribution in [0.3, 0.4) is 0 Å². The molecule has 3 heterocycles. The van der Waals surface area contributed by atoms with Gasteiger partial charge in [0.05, 0.1) is 22.8 Å². The second-order valence-electron chi connectivity index (χ2n) is 8.70. The Morgan fingerprint density at radius 3 is 2.36 bits per heavy atom. The van der Waals surface area contributed by atoms with Gasteiger partial charge in [0.2, 0.25) is 0 Å². The first-order valence-electron chi connectivity index (χ1n) is 11.4. The zero-order valence-corrected chi connectivity index (χ0v) is 20.0. The van der Waals surface area contributed by atoms with E-state index in [9.17, 15) is 40.3 Å². The van der Waals surface area contributed by atoms with Gasteiger partial charge in [-0.3, -0.25) is 9.59 Å². The molecule has 0 radical (unpaired) electrons. The van der Waals surface area contributed by atoms with Gasteiger partial charge in [-0.05, 0) is 43.4 Å². The lowest BCUT2D eigenvalue weighted by Gasteiger charge is -2.18. The number of pyridine rings is 1. The maximum absolute atomic E-state index is 14.9.